The molecule has 1 aromatic carbocycles. The van der Waals surface area contributed by atoms with E-state index in [1.54, 1.807) is 29.2 Å². The van der Waals surface area contributed by atoms with Crippen molar-refractivity contribution in [2.75, 3.05) is 11.9 Å². The quantitative estimate of drug-likeness (QED) is 0.620. The van der Waals surface area contributed by atoms with Gasteiger partial charge in [-0.3, -0.25) is 4.68 Å². The predicted molar refractivity (Wildman–Crippen MR) is 75.4 cm³/mol. The molecule has 3 N–H and O–H groups in total. The highest BCUT2D eigenvalue weighted by Gasteiger charge is 2.05. The maximum absolute atomic E-state index is 13.6. The number of nitrogens with zero attached hydrogens (tertiary/aromatic N) is 3. The number of nitrogens with two attached hydrogens (primary N) is 1. The molecular formula is C12H14FN5S. The molecule has 0 aliphatic carbocycles. The molecule has 0 aliphatic heterocycles. The number of benzene rings is 1. The van der Waals surface area contributed by atoms with Gasteiger partial charge in [0.1, 0.15) is 10.8 Å². The van der Waals surface area contributed by atoms with Crippen molar-refractivity contribution in [3.63, 3.8) is 0 Å². The molecule has 0 fully saturated rings. The number of hydrogen-bond acceptors (Lipinski definition) is 4. The zero-order chi connectivity index (χ0) is 13.7. The van der Waals surface area contributed by atoms with E-state index in [-0.39, 0.29) is 10.6 Å². The van der Waals surface area contributed by atoms with Gasteiger partial charge < -0.3 is 11.1 Å². The van der Waals surface area contributed by atoms with Crippen LogP contribution in [-0.4, -0.2) is 26.5 Å². The monoisotopic (exact) mass is 279 g/mol. The van der Waals surface area contributed by atoms with Crippen LogP contribution in [0.25, 0.3) is 0 Å². The van der Waals surface area contributed by atoms with E-state index < -0.39 is 5.82 Å². The van der Waals surface area contributed by atoms with E-state index in [0.29, 0.717) is 12.2 Å². The van der Waals surface area contributed by atoms with Gasteiger partial charge in [-0.2, -0.15) is 0 Å². The van der Waals surface area contributed by atoms with Gasteiger partial charge in [-0.25, -0.2) is 4.39 Å². The second kappa shape index (κ2) is 6.24. The highest BCUT2D eigenvalue weighted by Crippen LogP contribution is 2.14. The zero-order valence-electron chi connectivity index (χ0n) is 10.2. The van der Waals surface area contributed by atoms with Crippen LogP contribution in [0.3, 0.4) is 0 Å². The number of aryl methyl sites for hydroxylation is 1. The Balaban J connectivity index is 1.83. The van der Waals surface area contributed by atoms with Crippen LogP contribution in [0.15, 0.2) is 30.6 Å². The molecule has 100 valence electrons. The molecule has 1 heterocycles. The van der Waals surface area contributed by atoms with Gasteiger partial charge in [-0.15, -0.1) is 5.10 Å². The largest absolute Gasteiger partial charge is 0.389 e. The fourth-order valence-electron chi connectivity index (χ4n) is 1.65. The van der Waals surface area contributed by atoms with Crippen LogP contribution >= 0.6 is 12.2 Å². The maximum Gasteiger partial charge on any atom is 0.135 e. The Morgan fingerprint density at radius 1 is 1.47 bits per heavy atom. The smallest absolute Gasteiger partial charge is 0.135 e. The molecule has 2 rings (SSSR count). The SMILES string of the molecule is NC(=S)c1ccc(NCCCn2ccnn2)cc1F. The number of halogens is 1. The van der Waals surface area contributed by atoms with Crippen molar-refractivity contribution in [1.82, 2.24) is 15.0 Å². The number of anilines is 1. The van der Waals surface area contributed by atoms with Crippen molar-refractivity contribution < 1.29 is 4.39 Å². The van der Waals surface area contributed by atoms with Crippen molar-refractivity contribution >= 4 is 22.9 Å². The summed E-state index contributed by atoms with van der Waals surface area (Å²) in [6, 6.07) is 4.73. The summed E-state index contributed by atoms with van der Waals surface area (Å²) in [5.74, 6) is -0.409. The third-order valence-corrected chi connectivity index (χ3v) is 2.82. The van der Waals surface area contributed by atoms with Crippen molar-refractivity contribution in [3.05, 3.63) is 42.0 Å². The first kappa shape index (κ1) is 13.4. The molecule has 7 heteroatoms. The van der Waals surface area contributed by atoms with Crippen LogP contribution in [0, 0.1) is 5.82 Å². The topological polar surface area (TPSA) is 68.8 Å². The van der Waals surface area contributed by atoms with Crippen LogP contribution in [0.2, 0.25) is 0 Å². The van der Waals surface area contributed by atoms with Gasteiger partial charge in [0, 0.05) is 30.5 Å². The number of aromatic nitrogens is 3. The Morgan fingerprint density at radius 2 is 2.32 bits per heavy atom. The van der Waals surface area contributed by atoms with Gasteiger partial charge in [0.2, 0.25) is 0 Å². The molecule has 0 unspecified atom stereocenters. The van der Waals surface area contributed by atoms with Gasteiger partial charge in [0.25, 0.3) is 0 Å². The lowest BCUT2D eigenvalue weighted by molar-refractivity contribution is 0.569. The van der Waals surface area contributed by atoms with E-state index in [4.69, 9.17) is 18.0 Å². The lowest BCUT2D eigenvalue weighted by Gasteiger charge is -2.08. The summed E-state index contributed by atoms with van der Waals surface area (Å²) < 4.78 is 15.4. The van der Waals surface area contributed by atoms with Crippen LogP contribution in [0.1, 0.15) is 12.0 Å². The maximum atomic E-state index is 13.6. The summed E-state index contributed by atoms with van der Waals surface area (Å²) in [5, 5.41) is 10.7. The number of rotatable bonds is 6. The van der Waals surface area contributed by atoms with Crippen molar-refractivity contribution in [1.29, 1.82) is 0 Å². The first-order valence-electron chi connectivity index (χ1n) is 5.84. The van der Waals surface area contributed by atoms with Crippen LogP contribution in [-0.2, 0) is 6.54 Å². The van der Waals surface area contributed by atoms with Gasteiger partial charge in [0.05, 0.1) is 6.20 Å². The van der Waals surface area contributed by atoms with Crippen molar-refractivity contribution in [2.45, 2.75) is 13.0 Å². The normalized spacial score (nSPS) is 10.4. The first-order chi connectivity index (χ1) is 9.16. The average Bonchev–Trinajstić information content (AvgIpc) is 2.87. The fraction of sp³-hybridized carbons (Fsp3) is 0.250. The number of hydrogen-bond donors (Lipinski definition) is 2. The molecule has 0 bridgehead atoms. The summed E-state index contributed by atoms with van der Waals surface area (Å²) >= 11 is 4.75. The molecule has 5 nitrogen and oxygen atoms in total. The van der Waals surface area contributed by atoms with Crippen molar-refractivity contribution in [2.24, 2.45) is 5.73 Å². The molecule has 1 aromatic heterocycles. The molecular weight excluding hydrogens is 265 g/mol. The minimum atomic E-state index is -0.409. The average molecular weight is 279 g/mol. The fourth-order valence-corrected chi connectivity index (χ4v) is 1.82. The second-order valence-electron chi connectivity index (χ2n) is 4.01. The molecule has 0 saturated heterocycles. The van der Waals surface area contributed by atoms with Gasteiger partial charge in [0.15, 0.2) is 0 Å². The molecule has 0 amide bonds. The molecule has 0 atom stereocenters. The van der Waals surface area contributed by atoms with Crippen molar-refractivity contribution in [3.8, 4) is 0 Å². The first-order valence-corrected chi connectivity index (χ1v) is 6.25. The molecule has 0 aliphatic rings. The lowest BCUT2D eigenvalue weighted by atomic mass is 10.2. The standard InChI is InChI=1S/C12H14FN5S/c13-11-8-9(2-3-10(11)12(14)19)15-4-1-6-18-7-5-16-17-18/h2-3,5,7-8,15H,1,4,6H2,(H2,14,19). The summed E-state index contributed by atoms with van der Waals surface area (Å²) in [7, 11) is 0. The minimum Gasteiger partial charge on any atom is -0.389 e. The van der Waals surface area contributed by atoms with E-state index >= 15 is 0 Å². The van der Waals surface area contributed by atoms with Crippen LogP contribution in [0.5, 0.6) is 0 Å². The summed E-state index contributed by atoms with van der Waals surface area (Å²) in [6.45, 7) is 1.48. The lowest BCUT2D eigenvalue weighted by Crippen LogP contribution is -2.12. The molecule has 0 saturated carbocycles. The van der Waals surface area contributed by atoms with Gasteiger partial charge >= 0.3 is 0 Å². The highest BCUT2D eigenvalue weighted by molar-refractivity contribution is 7.80. The third kappa shape index (κ3) is 3.72. The van der Waals surface area contributed by atoms with Crippen LogP contribution < -0.4 is 11.1 Å². The Labute approximate surface area is 115 Å². The summed E-state index contributed by atoms with van der Waals surface area (Å²) in [6.07, 6.45) is 4.30. The number of thiocarbonyl (C=S) groups is 1. The highest BCUT2D eigenvalue weighted by atomic mass is 32.1. The van der Waals surface area contributed by atoms with Crippen LogP contribution in [0.4, 0.5) is 10.1 Å². The van der Waals surface area contributed by atoms with E-state index in [9.17, 15) is 4.39 Å². The Hall–Kier alpha value is -2.02. The molecule has 19 heavy (non-hydrogen) atoms. The Kier molecular flexibility index (Phi) is 4.40. The predicted octanol–water partition coefficient (Wildman–Crippen LogP) is 1.55. The van der Waals surface area contributed by atoms with Gasteiger partial charge in [-0.05, 0) is 24.6 Å². The summed E-state index contributed by atoms with van der Waals surface area (Å²) in [5.41, 5.74) is 6.37. The zero-order valence-corrected chi connectivity index (χ0v) is 11.0. The Bertz CT molecular complexity index is 555. The third-order valence-electron chi connectivity index (χ3n) is 2.60. The summed E-state index contributed by atoms with van der Waals surface area (Å²) in [4.78, 5) is 0.0650. The van der Waals surface area contributed by atoms with E-state index in [0.717, 1.165) is 13.0 Å². The molecule has 2 aromatic rings. The molecule has 0 radical (unpaired) electrons. The van der Waals surface area contributed by atoms with E-state index in [2.05, 4.69) is 15.6 Å². The second-order valence-corrected chi connectivity index (χ2v) is 4.45. The number of nitrogens with one attached hydrogen (secondary N) is 1. The van der Waals surface area contributed by atoms with Gasteiger partial charge in [-0.1, -0.05) is 17.4 Å². The van der Waals surface area contributed by atoms with E-state index in [1.807, 2.05) is 0 Å². The molecule has 0 spiro atoms. The minimum absolute atomic E-state index is 0.0650. The Morgan fingerprint density at radius 3 is 2.95 bits per heavy atom. The van der Waals surface area contributed by atoms with E-state index in [1.165, 1.54) is 6.07 Å².